The third kappa shape index (κ3) is 3.81. The lowest BCUT2D eigenvalue weighted by Crippen LogP contribution is -2.32. The van der Waals surface area contributed by atoms with Crippen LogP contribution in [0.3, 0.4) is 0 Å². The molecule has 0 bridgehead atoms. The van der Waals surface area contributed by atoms with Gasteiger partial charge in [-0.3, -0.25) is 0 Å². The zero-order valence-electron chi connectivity index (χ0n) is 11.4. The van der Waals surface area contributed by atoms with Gasteiger partial charge in [0.2, 0.25) is 10.0 Å². The van der Waals surface area contributed by atoms with Crippen LogP contribution in [0.5, 0.6) is 0 Å². The molecule has 2 atom stereocenters. The molecule has 0 radical (unpaired) electrons. The third-order valence-electron chi connectivity index (χ3n) is 3.88. The third-order valence-corrected chi connectivity index (χ3v) is 6.22. The van der Waals surface area contributed by atoms with Crippen LogP contribution in [0.15, 0.2) is 17.0 Å². The van der Waals surface area contributed by atoms with Crippen molar-refractivity contribution < 1.29 is 13.5 Å². The number of hydrogen-bond donors (Lipinski definition) is 3. The molecule has 4 N–H and O–H groups in total. The van der Waals surface area contributed by atoms with Crippen molar-refractivity contribution >= 4 is 38.9 Å². The Morgan fingerprint density at radius 1 is 1.24 bits per heavy atom. The van der Waals surface area contributed by atoms with Gasteiger partial charge in [0.1, 0.15) is 4.90 Å². The lowest BCUT2D eigenvalue weighted by molar-refractivity contribution is 0.195. The van der Waals surface area contributed by atoms with Crippen molar-refractivity contribution in [2.45, 2.75) is 24.2 Å². The van der Waals surface area contributed by atoms with Crippen LogP contribution >= 0.6 is 23.2 Å². The van der Waals surface area contributed by atoms with E-state index in [-0.39, 0.29) is 39.9 Å². The minimum absolute atomic E-state index is 0.00219. The summed E-state index contributed by atoms with van der Waals surface area (Å²) in [4.78, 5) is -0.154. The summed E-state index contributed by atoms with van der Waals surface area (Å²) >= 11 is 11.9. The highest BCUT2D eigenvalue weighted by Gasteiger charge is 2.29. The number of nitrogens with one attached hydrogen (secondary N) is 1. The Labute approximate surface area is 134 Å². The van der Waals surface area contributed by atoms with Crippen molar-refractivity contribution in [3.63, 3.8) is 0 Å². The number of rotatable bonds is 5. The molecular formula is C13H18Cl2N2O3S. The largest absolute Gasteiger partial charge is 0.399 e. The summed E-state index contributed by atoms with van der Waals surface area (Å²) in [6.45, 7) is 0.348. The molecule has 1 aromatic carbocycles. The van der Waals surface area contributed by atoms with Crippen LogP contribution in [-0.2, 0) is 10.0 Å². The van der Waals surface area contributed by atoms with E-state index in [2.05, 4.69) is 4.72 Å². The monoisotopic (exact) mass is 352 g/mol. The molecule has 5 nitrogen and oxygen atoms in total. The van der Waals surface area contributed by atoms with Gasteiger partial charge in [0.15, 0.2) is 0 Å². The van der Waals surface area contributed by atoms with Gasteiger partial charge in [0.25, 0.3) is 0 Å². The number of aliphatic hydroxyl groups is 1. The van der Waals surface area contributed by atoms with E-state index in [0.29, 0.717) is 5.69 Å². The van der Waals surface area contributed by atoms with E-state index >= 15 is 0 Å². The van der Waals surface area contributed by atoms with Crippen LogP contribution in [-0.4, -0.2) is 26.7 Å². The molecule has 0 saturated heterocycles. The number of nitrogens with two attached hydrogens (primary N) is 1. The molecule has 1 fully saturated rings. The predicted octanol–water partition coefficient (Wildman–Crippen LogP) is 2.26. The molecule has 0 spiro atoms. The van der Waals surface area contributed by atoms with E-state index in [4.69, 9.17) is 28.9 Å². The van der Waals surface area contributed by atoms with Crippen LogP contribution in [0.1, 0.15) is 19.3 Å². The highest BCUT2D eigenvalue weighted by molar-refractivity contribution is 7.89. The molecule has 0 heterocycles. The molecule has 8 heteroatoms. The first kappa shape index (κ1) is 16.8. The van der Waals surface area contributed by atoms with Gasteiger partial charge in [-0.25, -0.2) is 13.1 Å². The van der Waals surface area contributed by atoms with Gasteiger partial charge in [-0.05, 0) is 36.8 Å². The Bertz CT molecular complexity index is 599. The summed E-state index contributed by atoms with van der Waals surface area (Å²) in [6.07, 6.45) is 2.82. The fourth-order valence-corrected chi connectivity index (χ4v) is 5.07. The Morgan fingerprint density at radius 2 is 1.81 bits per heavy atom. The quantitative estimate of drug-likeness (QED) is 0.708. The first-order valence-electron chi connectivity index (χ1n) is 6.70. The van der Waals surface area contributed by atoms with E-state index in [0.717, 1.165) is 19.3 Å². The zero-order chi connectivity index (χ0) is 15.6. The van der Waals surface area contributed by atoms with Crippen molar-refractivity contribution in [1.82, 2.24) is 4.72 Å². The number of benzene rings is 1. The molecule has 0 aliphatic heterocycles. The van der Waals surface area contributed by atoms with Crippen molar-refractivity contribution in [1.29, 1.82) is 0 Å². The molecule has 2 unspecified atom stereocenters. The van der Waals surface area contributed by atoms with Gasteiger partial charge < -0.3 is 10.8 Å². The Kier molecular flexibility index (Phi) is 5.38. The van der Waals surface area contributed by atoms with Gasteiger partial charge in [-0.2, -0.15) is 0 Å². The normalized spacial score (nSPS) is 22.6. The van der Waals surface area contributed by atoms with Crippen molar-refractivity contribution in [3.05, 3.63) is 22.2 Å². The van der Waals surface area contributed by atoms with E-state index in [1.807, 2.05) is 0 Å². The molecular weight excluding hydrogens is 335 g/mol. The fraction of sp³-hybridized carbons (Fsp3) is 0.538. The number of aliphatic hydroxyl groups excluding tert-OH is 1. The molecule has 21 heavy (non-hydrogen) atoms. The van der Waals surface area contributed by atoms with Gasteiger partial charge in [0.05, 0.1) is 10.0 Å². The second-order valence-corrected chi connectivity index (χ2v) is 7.82. The van der Waals surface area contributed by atoms with Gasteiger partial charge in [0, 0.05) is 18.8 Å². The van der Waals surface area contributed by atoms with Crippen molar-refractivity contribution in [2.24, 2.45) is 11.8 Å². The molecule has 0 amide bonds. The second kappa shape index (κ2) is 6.71. The van der Waals surface area contributed by atoms with E-state index in [1.54, 1.807) is 0 Å². The Hall–Kier alpha value is -0.530. The maximum absolute atomic E-state index is 12.4. The van der Waals surface area contributed by atoms with Crippen LogP contribution in [0.2, 0.25) is 10.0 Å². The smallest absolute Gasteiger partial charge is 0.243 e. The van der Waals surface area contributed by atoms with E-state index in [9.17, 15) is 13.5 Å². The van der Waals surface area contributed by atoms with Crippen LogP contribution in [0.25, 0.3) is 0 Å². The number of hydrogen-bond acceptors (Lipinski definition) is 4. The second-order valence-electron chi connectivity index (χ2n) is 5.30. The molecule has 1 aliphatic carbocycles. The minimum Gasteiger partial charge on any atom is -0.399 e. The first-order valence-corrected chi connectivity index (χ1v) is 8.94. The highest BCUT2D eigenvalue weighted by Crippen LogP contribution is 2.33. The van der Waals surface area contributed by atoms with Gasteiger partial charge in [-0.15, -0.1) is 0 Å². The molecule has 0 aromatic heterocycles. The van der Waals surface area contributed by atoms with E-state index < -0.39 is 10.0 Å². The lowest BCUT2D eigenvalue weighted by atomic mass is 9.97. The van der Waals surface area contributed by atoms with Crippen LogP contribution in [0.4, 0.5) is 5.69 Å². The average Bonchev–Trinajstić information content (AvgIpc) is 2.82. The molecule has 1 aromatic rings. The zero-order valence-corrected chi connectivity index (χ0v) is 13.7. The van der Waals surface area contributed by atoms with Gasteiger partial charge in [-0.1, -0.05) is 29.6 Å². The molecule has 2 rings (SSSR count). The summed E-state index contributed by atoms with van der Waals surface area (Å²) in [6, 6.07) is 2.71. The van der Waals surface area contributed by atoms with E-state index in [1.165, 1.54) is 12.1 Å². The molecule has 1 aliphatic rings. The maximum Gasteiger partial charge on any atom is 0.243 e. The lowest BCUT2D eigenvalue weighted by Gasteiger charge is -2.18. The van der Waals surface area contributed by atoms with Crippen molar-refractivity contribution in [3.8, 4) is 0 Å². The topological polar surface area (TPSA) is 92.4 Å². The predicted molar refractivity (Wildman–Crippen MR) is 84.0 cm³/mol. The number of nitrogen functional groups attached to an aromatic ring is 1. The van der Waals surface area contributed by atoms with Crippen LogP contribution in [0, 0.1) is 11.8 Å². The maximum atomic E-state index is 12.4. The number of halogens is 2. The Balaban J connectivity index is 2.16. The molecule has 1 saturated carbocycles. The summed E-state index contributed by atoms with van der Waals surface area (Å²) < 4.78 is 27.2. The van der Waals surface area contributed by atoms with Crippen LogP contribution < -0.4 is 10.5 Å². The molecule has 118 valence electrons. The van der Waals surface area contributed by atoms with Crippen molar-refractivity contribution in [2.75, 3.05) is 18.9 Å². The fourth-order valence-electron chi connectivity index (χ4n) is 2.75. The first-order chi connectivity index (χ1) is 9.85. The highest BCUT2D eigenvalue weighted by atomic mass is 35.5. The standard InChI is InChI=1S/C13H18Cl2N2O3S/c14-11-4-10(16)5-12(15)13(11)21(19,20)17-6-8-2-1-3-9(8)7-18/h4-5,8-9,17-18H,1-3,6-7,16H2. The van der Waals surface area contributed by atoms with Gasteiger partial charge >= 0.3 is 0 Å². The average molecular weight is 353 g/mol. The Morgan fingerprint density at radius 3 is 2.38 bits per heavy atom. The summed E-state index contributed by atoms with van der Waals surface area (Å²) in [7, 11) is -3.81. The number of anilines is 1. The summed E-state index contributed by atoms with van der Waals surface area (Å²) in [5.41, 5.74) is 5.88. The summed E-state index contributed by atoms with van der Waals surface area (Å²) in [5.74, 6) is 0.279. The number of sulfonamides is 1. The summed E-state index contributed by atoms with van der Waals surface area (Å²) in [5, 5.41) is 9.26. The SMILES string of the molecule is Nc1cc(Cl)c(S(=O)(=O)NCC2CCCC2CO)c(Cl)c1. The minimum atomic E-state index is -3.81.